The molecule has 1 aliphatic heterocycles. The van der Waals surface area contributed by atoms with Crippen molar-refractivity contribution in [2.24, 2.45) is 0 Å². The second-order valence-electron chi connectivity index (χ2n) is 3.97. The molecule has 8 nitrogen and oxygen atoms in total. The minimum Gasteiger partial charge on any atom is -0.328 e. The molecule has 3 rings (SSSR count). The highest BCUT2D eigenvalue weighted by Crippen LogP contribution is 2.11. The van der Waals surface area contributed by atoms with Crippen LogP contribution >= 0.6 is 0 Å². The third-order valence-corrected chi connectivity index (χ3v) is 2.82. The summed E-state index contributed by atoms with van der Waals surface area (Å²) in [5.41, 5.74) is -0.104. The van der Waals surface area contributed by atoms with Gasteiger partial charge in [-0.05, 0) is 6.07 Å². The van der Waals surface area contributed by atoms with Crippen LogP contribution < -0.4 is 5.56 Å². The Labute approximate surface area is 101 Å². The molecule has 0 fully saturated rings. The van der Waals surface area contributed by atoms with E-state index in [4.69, 9.17) is 0 Å². The fraction of sp³-hybridized carbons (Fsp3) is 0.300. The number of rotatable bonds is 1. The van der Waals surface area contributed by atoms with Gasteiger partial charge in [0.2, 0.25) is 0 Å². The van der Waals surface area contributed by atoms with Crippen LogP contribution in [0.1, 0.15) is 16.3 Å². The van der Waals surface area contributed by atoms with E-state index in [9.17, 15) is 9.59 Å². The van der Waals surface area contributed by atoms with Crippen LogP contribution in [0.3, 0.4) is 0 Å². The molecule has 0 spiro atoms. The minimum atomic E-state index is -0.329. The van der Waals surface area contributed by atoms with E-state index in [1.54, 1.807) is 11.2 Å². The van der Waals surface area contributed by atoms with Gasteiger partial charge < -0.3 is 9.47 Å². The molecule has 1 N–H and O–H groups in total. The van der Waals surface area contributed by atoms with Gasteiger partial charge in [-0.2, -0.15) is 5.10 Å². The van der Waals surface area contributed by atoms with E-state index in [-0.39, 0.29) is 17.2 Å². The molecule has 0 bridgehead atoms. The van der Waals surface area contributed by atoms with Crippen molar-refractivity contribution in [3.05, 3.63) is 40.3 Å². The Kier molecular flexibility index (Phi) is 2.40. The molecule has 2 aromatic rings. The van der Waals surface area contributed by atoms with Gasteiger partial charge in [-0.25, -0.2) is 5.10 Å². The molecule has 0 aliphatic carbocycles. The lowest BCUT2D eigenvalue weighted by molar-refractivity contribution is 0.0700. The van der Waals surface area contributed by atoms with Crippen LogP contribution in [0.25, 0.3) is 0 Å². The quantitative estimate of drug-likeness (QED) is 0.697. The van der Waals surface area contributed by atoms with Crippen LogP contribution in [0, 0.1) is 0 Å². The van der Waals surface area contributed by atoms with Gasteiger partial charge in [0.25, 0.3) is 11.5 Å². The van der Waals surface area contributed by atoms with Crippen molar-refractivity contribution in [1.82, 2.24) is 29.9 Å². The van der Waals surface area contributed by atoms with Gasteiger partial charge in [0, 0.05) is 19.2 Å². The average Bonchev–Trinajstić information content (AvgIpc) is 2.86. The normalized spacial score (nSPS) is 14.3. The zero-order valence-corrected chi connectivity index (χ0v) is 9.41. The zero-order chi connectivity index (χ0) is 12.5. The number of nitrogens with one attached hydrogen (secondary N) is 1. The highest BCUT2D eigenvalue weighted by atomic mass is 16.2. The second-order valence-corrected chi connectivity index (χ2v) is 3.97. The van der Waals surface area contributed by atoms with Crippen LogP contribution in [0.4, 0.5) is 0 Å². The topological polar surface area (TPSA) is 96.8 Å². The van der Waals surface area contributed by atoms with Crippen molar-refractivity contribution in [3.63, 3.8) is 0 Å². The molecule has 0 saturated heterocycles. The largest absolute Gasteiger partial charge is 0.328 e. The number of hydrogen-bond donors (Lipinski definition) is 1. The summed E-state index contributed by atoms with van der Waals surface area (Å²) in [7, 11) is 0. The van der Waals surface area contributed by atoms with Crippen molar-refractivity contribution in [2.45, 2.75) is 13.1 Å². The number of aromatic amines is 1. The number of amides is 1. The third-order valence-electron chi connectivity index (χ3n) is 2.82. The summed E-state index contributed by atoms with van der Waals surface area (Å²) in [5, 5.41) is 13.7. The number of hydrogen-bond acceptors (Lipinski definition) is 5. The average molecular weight is 246 g/mol. The maximum Gasteiger partial charge on any atom is 0.274 e. The van der Waals surface area contributed by atoms with Gasteiger partial charge in [-0.1, -0.05) is 0 Å². The second kappa shape index (κ2) is 4.06. The van der Waals surface area contributed by atoms with E-state index >= 15 is 0 Å². The van der Waals surface area contributed by atoms with Crippen molar-refractivity contribution < 1.29 is 4.79 Å². The van der Waals surface area contributed by atoms with Gasteiger partial charge >= 0.3 is 0 Å². The molecule has 2 aromatic heterocycles. The summed E-state index contributed by atoms with van der Waals surface area (Å²) in [4.78, 5) is 24.6. The Morgan fingerprint density at radius 2 is 2.22 bits per heavy atom. The Balaban J connectivity index is 1.82. The molecule has 92 valence electrons. The predicted octanol–water partition coefficient (Wildman–Crippen LogP) is -0.983. The zero-order valence-electron chi connectivity index (χ0n) is 9.41. The van der Waals surface area contributed by atoms with Crippen LogP contribution in [0.5, 0.6) is 0 Å². The van der Waals surface area contributed by atoms with Gasteiger partial charge in [-0.15, -0.1) is 10.2 Å². The molecule has 3 heterocycles. The predicted molar refractivity (Wildman–Crippen MR) is 59.6 cm³/mol. The summed E-state index contributed by atoms with van der Waals surface area (Å²) in [6, 6.07) is 2.70. The van der Waals surface area contributed by atoms with E-state index in [1.165, 1.54) is 12.1 Å². The fourth-order valence-corrected chi connectivity index (χ4v) is 1.87. The van der Waals surface area contributed by atoms with E-state index in [0.717, 1.165) is 5.82 Å². The monoisotopic (exact) mass is 246 g/mol. The first-order valence-corrected chi connectivity index (χ1v) is 5.46. The van der Waals surface area contributed by atoms with Gasteiger partial charge in [0.05, 0.1) is 6.54 Å². The number of fused-ring (bicyclic) bond motifs is 1. The molecule has 0 saturated carbocycles. The molecule has 0 unspecified atom stereocenters. The van der Waals surface area contributed by atoms with Crippen LogP contribution in [-0.4, -0.2) is 42.3 Å². The van der Waals surface area contributed by atoms with E-state index < -0.39 is 0 Å². The first-order chi connectivity index (χ1) is 8.74. The third kappa shape index (κ3) is 1.77. The molecule has 18 heavy (non-hydrogen) atoms. The Hall–Kier alpha value is -2.51. The number of carbonyl (C=O) groups is 1. The van der Waals surface area contributed by atoms with Crippen LogP contribution in [0.15, 0.2) is 23.3 Å². The summed E-state index contributed by atoms with van der Waals surface area (Å²) in [5.74, 6) is 0.527. The van der Waals surface area contributed by atoms with Crippen molar-refractivity contribution in [1.29, 1.82) is 0 Å². The molecular weight excluding hydrogens is 236 g/mol. The summed E-state index contributed by atoms with van der Waals surface area (Å²) < 4.78 is 1.91. The molecule has 0 aromatic carbocycles. The number of H-pyrrole nitrogens is 1. The van der Waals surface area contributed by atoms with Crippen molar-refractivity contribution >= 4 is 5.91 Å². The summed E-state index contributed by atoms with van der Waals surface area (Å²) in [6.45, 7) is 1.64. The summed E-state index contributed by atoms with van der Waals surface area (Å²) >= 11 is 0. The number of nitrogens with zero attached hydrogens (tertiary/aromatic N) is 5. The van der Waals surface area contributed by atoms with Gasteiger partial charge in [0.1, 0.15) is 12.0 Å². The molecule has 1 amide bonds. The Morgan fingerprint density at radius 3 is 3.00 bits per heavy atom. The number of aromatic nitrogens is 5. The van der Waals surface area contributed by atoms with E-state index in [2.05, 4.69) is 20.4 Å². The smallest absolute Gasteiger partial charge is 0.274 e. The maximum absolute atomic E-state index is 12.1. The SMILES string of the molecule is O=C(c1ccc(=O)[nH]n1)N1CCn2cnnc2C1. The maximum atomic E-state index is 12.1. The minimum absolute atomic E-state index is 0.222. The molecular formula is C10H10N6O2. The molecule has 8 heteroatoms. The highest BCUT2D eigenvalue weighted by molar-refractivity contribution is 5.92. The summed E-state index contributed by atoms with van der Waals surface area (Å²) in [6.07, 6.45) is 1.65. The molecule has 0 atom stereocenters. The highest BCUT2D eigenvalue weighted by Gasteiger charge is 2.23. The lowest BCUT2D eigenvalue weighted by atomic mass is 10.3. The fourth-order valence-electron chi connectivity index (χ4n) is 1.87. The first kappa shape index (κ1) is 10.6. The van der Waals surface area contributed by atoms with Crippen molar-refractivity contribution in [3.8, 4) is 0 Å². The Bertz CT molecular complexity index is 625. The van der Waals surface area contributed by atoms with Gasteiger partial charge in [0.15, 0.2) is 5.82 Å². The van der Waals surface area contributed by atoms with Crippen LogP contribution in [-0.2, 0) is 13.1 Å². The first-order valence-electron chi connectivity index (χ1n) is 5.46. The standard InChI is InChI=1S/C10H10N6O2/c17-9-2-1-7(12-14-9)10(18)15-3-4-16-6-11-13-8(16)5-15/h1-2,6H,3-5H2,(H,14,17). The molecule has 0 radical (unpaired) electrons. The molecule has 1 aliphatic rings. The number of carbonyl (C=O) groups excluding carboxylic acids is 1. The lowest BCUT2D eigenvalue weighted by Crippen LogP contribution is -2.38. The van der Waals surface area contributed by atoms with E-state index in [0.29, 0.717) is 19.6 Å². The van der Waals surface area contributed by atoms with Gasteiger partial charge in [-0.3, -0.25) is 9.59 Å². The lowest BCUT2D eigenvalue weighted by Gasteiger charge is -2.26. The van der Waals surface area contributed by atoms with E-state index in [1.807, 2.05) is 4.57 Å². The Morgan fingerprint density at radius 1 is 1.33 bits per heavy atom. The van der Waals surface area contributed by atoms with Crippen molar-refractivity contribution in [2.75, 3.05) is 6.54 Å². The van der Waals surface area contributed by atoms with Crippen LogP contribution in [0.2, 0.25) is 0 Å².